The maximum Gasteiger partial charge on any atom is 0.259 e. The number of Topliss-reactive ketones (excluding diaryl/α,β-unsaturated/α-hetero) is 1. The molecule has 0 saturated heterocycles. The molecule has 1 aliphatic carbocycles. The van der Waals surface area contributed by atoms with Crippen molar-refractivity contribution < 1.29 is 28.5 Å². The molecule has 1 N–H and O–H groups in total. The van der Waals surface area contributed by atoms with Gasteiger partial charge in [0.25, 0.3) is 5.91 Å². The molecule has 1 aliphatic heterocycles. The van der Waals surface area contributed by atoms with Crippen LogP contribution in [-0.2, 0) is 4.79 Å². The number of hydrogen-bond donors (Lipinski definition) is 1. The van der Waals surface area contributed by atoms with Crippen molar-refractivity contribution in [2.75, 3.05) is 38.7 Å². The summed E-state index contributed by atoms with van der Waals surface area (Å²) >= 11 is 1.52. The molecule has 43 heavy (non-hydrogen) atoms. The van der Waals surface area contributed by atoms with Crippen LogP contribution in [0.25, 0.3) is 0 Å². The maximum absolute atomic E-state index is 14.7. The molecule has 0 radical (unpaired) electrons. The molecule has 9 heteroatoms. The fraction of sp³-hybridized carbons (Fsp3) is 0.235. The topological polar surface area (TPSA) is 86.3 Å². The molecule has 0 unspecified atom stereocenters. The Kier molecular flexibility index (Phi) is 7.82. The number of nitrogens with zero attached hydrogens (tertiary/aromatic N) is 1. The van der Waals surface area contributed by atoms with Crippen LogP contribution < -0.4 is 29.2 Å². The van der Waals surface area contributed by atoms with Gasteiger partial charge in [-0.05, 0) is 65.7 Å². The van der Waals surface area contributed by atoms with Gasteiger partial charge in [-0.2, -0.15) is 0 Å². The van der Waals surface area contributed by atoms with Crippen LogP contribution in [0.3, 0.4) is 0 Å². The van der Waals surface area contributed by atoms with E-state index in [1.165, 1.54) is 32.7 Å². The zero-order chi connectivity index (χ0) is 30.1. The number of fused-ring (bicyclic) bond motifs is 1. The number of thiophene rings is 1. The number of benzene rings is 3. The van der Waals surface area contributed by atoms with E-state index in [-0.39, 0.29) is 17.6 Å². The van der Waals surface area contributed by atoms with Gasteiger partial charge in [-0.3, -0.25) is 14.5 Å². The third-order valence-electron chi connectivity index (χ3n) is 8.02. The molecule has 2 aliphatic rings. The van der Waals surface area contributed by atoms with Gasteiger partial charge in [-0.25, -0.2) is 0 Å². The molecule has 0 fully saturated rings. The van der Waals surface area contributed by atoms with Crippen molar-refractivity contribution in [2.24, 2.45) is 0 Å². The number of carbonyl (C=O) groups is 2. The number of nitrogens with one attached hydrogen (secondary N) is 1. The predicted molar refractivity (Wildman–Crippen MR) is 167 cm³/mol. The summed E-state index contributed by atoms with van der Waals surface area (Å²) in [5.41, 5.74) is 4.25. The normalized spacial score (nSPS) is 17.8. The molecule has 8 nitrogen and oxygen atoms in total. The summed E-state index contributed by atoms with van der Waals surface area (Å²) in [5.74, 6) is 1.59. The van der Waals surface area contributed by atoms with Crippen molar-refractivity contribution in [2.45, 2.75) is 24.8 Å². The highest BCUT2D eigenvalue weighted by atomic mass is 32.1. The number of para-hydroxylation sites is 2. The van der Waals surface area contributed by atoms with E-state index in [1.54, 1.807) is 24.1 Å². The monoisotopic (exact) mass is 596 g/mol. The van der Waals surface area contributed by atoms with Crippen LogP contribution in [0.2, 0.25) is 0 Å². The minimum absolute atomic E-state index is 0.00321. The Balaban J connectivity index is 1.52. The second-order valence-electron chi connectivity index (χ2n) is 10.3. The van der Waals surface area contributed by atoms with Crippen LogP contribution in [-0.4, -0.2) is 40.1 Å². The summed E-state index contributed by atoms with van der Waals surface area (Å²) in [5, 5.41) is 5.55. The number of rotatable bonds is 7. The van der Waals surface area contributed by atoms with Gasteiger partial charge in [0.05, 0.1) is 39.8 Å². The number of hydrogen-bond acceptors (Lipinski definition) is 8. The van der Waals surface area contributed by atoms with Crippen LogP contribution >= 0.6 is 11.3 Å². The van der Waals surface area contributed by atoms with Crippen LogP contribution in [0.1, 0.15) is 45.6 Å². The predicted octanol–water partition coefficient (Wildman–Crippen LogP) is 7.00. The van der Waals surface area contributed by atoms with E-state index in [0.29, 0.717) is 46.9 Å². The Morgan fingerprint density at radius 1 is 0.860 bits per heavy atom. The van der Waals surface area contributed by atoms with E-state index >= 15 is 0 Å². The second kappa shape index (κ2) is 11.9. The Bertz CT molecular complexity index is 1670. The first kappa shape index (κ1) is 28.4. The first-order chi connectivity index (χ1) is 21.0. The number of anilines is 2. The Morgan fingerprint density at radius 2 is 1.58 bits per heavy atom. The van der Waals surface area contributed by atoms with Gasteiger partial charge in [0.1, 0.15) is 11.8 Å². The SMILES string of the molecule is COc1ccc([C@H]2CC(=O)C3=C(C2)Nc2ccccc2N(C(=O)c2cc(OC)c(OC)c(OC)c2)[C@@H]3c2cccs2)cc1. The number of methoxy groups -OCH3 is 4. The number of ether oxygens (including phenoxy) is 4. The first-order valence-corrected chi connectivity index (χ1v) is 14.8. The zero-order valence-electron chi connectivity index (χ0n) is 24.4. The third kappa shape index (κ3) is 5.10. The minimum atomic E-state index is -0.637. The average Bonchev–Trinajstić information content (AvgIpc) is 3.53. The molecular formula is C34H32N2O6S. The molecule has 1 aromatic heterocycles. The van der Waals surface area contributed by atoms with Gasteiger partial charge in [0, 0.05) is 28.1 Å². The number of ketones is 1. The van der Waals surface area contributed by atoms with Crippen molar-refractivity contribution in [3.05, 3.63) is 105 Å². The van der Waals surface area contributed by atoms with E-state index in [9.17, 15) is 9.59 Å². The van der Waals surface area contributed by atoms with E-state index < -0.39 is 6.04 Å². The summed E-state index contributed by atoms with van der Waals surface area (Å²) in [7, 11) is 6.19. The molecule has 2 atom stereocenters. The van der Waals surface area contributed by atoms with E-state index in [1.807, 2.05) is 66.0 Å². The summed E-state index contributed by atoms with van der Waals surface area (Å²) < 4.78 is 22.0. The lowest BCUT2D eigenvalue weighted by Crippen LogP contribution is -2.38. The van der Waals surface area contributed by atoms with Crippen molar-refractivity contribution in [3.8, 4) is 23.0 Å². The minimum Gasteiger partial charge on any atom is -0.497 e. The van der Waals surface area contributed by atoms with Crippen molar-refractivity contribution in [1.82, 2.24) is 0 Å². The van der Waals surface area contributed by atoms with Crippen LogP contribution in [0.15, 0.2) is 89.4 Å². The fourth-order valence-electron chi connectivity index (χ4n) is 5.99. The van der Waals surface area contributed by atoms with Gasteiger partial charge < -0.3 is 24.3 Å². The lowest BCUT2D eigenvalue weighted by atomic mass is 9.79. The van der Waals surface area contributed by atoms with Crippen LogP contribution in [0.5, 0.6) is 23.0 Å². The molecule has 0 spiro atoms. The van der Waals surface area contributed by atoms with E-state index in [2.05, 4.69) is 5.32 Å². The second-order valence-corrected chi connectivity index (χ2v) is 11.3. The summed E-state index contributed by atoms with van der Waals surface area (Å²) in [6.45, 7) is 0. The highest BCUT2D eigenvalue weighted by Crippen LogP contribution is 2.49. The summed E-state index contributed by atoms with van der Waals surface area (Å²) in [6.07, 6.45) is 0.951. The lowest BCUT2D eigenvalue weighted by molar-refractivity contribution is -0.116. The fourth-order valence-corrected chi connectivity index (χ4v) is 6.81. The molecule has 6 rings (SSSR count). The van der Waals surface area contributed by atoms with Gasteiger partial charge in [0.2, 0.25) is 5.75 Å². The molecular weight excluding hydrogens is 564 g/mol. The Labute approximate surface area is 254 Å². The van der Waals surface area contributed by atoms with E-state index in [4.69, 9.17) is 18.9 Å². The molecule has 0 saturated carbocycles. The molecule has 220 valence electrons. The van der Waals surface area contributed by atoms with Crippen LogP contribution in [0.4, 0.5) is 11.4 Å². The van der Waals surface area contributed by atoms with Gasteiger partial charge in [-0.1, -0.05) is 30.3 Å². The molecule has 3 aromatic carbocycles. The molecule has 2 heterocycles. The van der Waals surface area contributed by atoms with Gasteiger partial charge in [-0.15, -0.1) is 11.3 Å². The Morgan fingerprint density at radius 3 is 2.21 bits per heavy atom. The number of amides is 1. The van der Waals surface area contributed by atoms with Crippen molar-refractivity contribution in [1.29, 1.82) is 0 Å². The number of allylic oxidation sites excluding steroid dienone is 1. The van der Waals surface area contributed by atoms with Gasteiger partial charge >= 0.3 is 0 Å². The van der Waals surface area contributed by atoms with Crippen LogP contribution in [0, 0.1) is 0 Å². The van der Waals surface area contributed by atoms with Gasteiger partial charge in [0.15, 0.2) is 17.3 Å². The van der Waals surface area contributed by atoms with Crippen molar-refractivity contribution >= 4 is 34.4 Å². The standard InChI is InChI=1S/C34H32N2O6S/c1-39-23-13-11-20(12-14-23)21-16-25-31(27(37)17-21)32(30-10-7-15-43-30)36(26-9-6-5-8-24(26)35-25)34(38)22-18-28(40-2)33(42-4)29(19-22)41-3/h5-15,18-19,21,32,35H,16-17H2,1-4H3/t21-,32-/m1/s1. The quantitative estimate of drug-likeness (QED) is 0.246. The molecule has 4 aromatic rings. The highest BCUT2D eigenvalue weighted by molar-refractivity contribution is 7.10. The maximum atomic E-state index is 14.7. The lowest BCUT2D eigenvalue weighted by Gasteiger charge is -2.34. The largest absolute Gasteiger partial charge is 0.497 e. The molecule has 1 amide bonds. The average molecular weight is 597 g/mol. The first-order valence-electron chi connectivity index (χ1n) is 13.9. The molecule has 0 bridgehead atoms. The third-order valence-corrected chi connectivity index (χ3v) is 8.94. The Hall–Kier alpha value is -4.76. The summed E-state index contributed by atoms with van der Waals surface area (Å²) in [4.78, 5) is 31.5. The smallest absolute Gasteiger partial charge is 0.259 e. The number of carbonyl (C=O) groups excluding carboxylic acids is 2. The highest BCUT2D eigenvalue weighted by Gasteiger charge is 2.42. The van der Waals surface area contributed by atoms with E-state index in [0.717, 1.165) is 27.6 Å². The summed E-state index contributed by atoms with van der Waals surface area (Å²) in [6, 6.07) is 22.1. The van der Waals surface area contributed by atoms with Crippen molar-refractivity contribution in [3.63, 3.8) is 0 Å². The zero-order valence-corrected chi connectivity index (χ0v) is 25.2.